The molecule has 54 heavy (non-hydrogen) atoms. The molecule has 14 nitrogen and oxygen atoms in total. The van der Waals surface area contributed by atoms with Gasteiger partial charge >= 0.3 is 0 Å². The van der Waals surface area contributed by atoms with E-state index in [1.54, 1.807) is 43.0 Å². The van der Waals surface area contributed by atoms with Crippen LogP contribution in [0.25, 0.3) is 0 Å². The van der Waals surface area contributed by atoms with Crippen molar-refractivity contribution in [1.29, 1.82) is 0 Å². The molecule has 0 aromatic heterocycles. The first-order chi connectivity index (χ1) is 25.4. The third-order valence-corrected chi connectivity index (χ3v) is 10.8. The van der Waals surface area contributed by atoms with Crippen LogP contribution in [0.3, 0.4) is 0 Å². The molecule has 5 N–H and O–H groups in total. The monoisotopic (exact) mass is 760 g/mol. The van der Waals surface area contributed by atoms with Crippen LogP contribution in [0.2, 0.25) is 0 Å². The normalized spacial score (nSPS) is 18.4. The Kier molecular flexibility index (Phi) is 18.9. The zero-order chi connectivity index (χ0) is 40.9. The Balaban J connectivity index is 2.17. The fraction of sp³-hybridized carbons (Fsp3) is 0.725. The van der Waals surface area contributed by atoms with E-state index in [4.69, 9.17) is 15.2 Å². The number of carbonyl (C=O) groups excluding carboxylic acids is 5. The molecule has 2 rings (SSSR count). The molecular formula is C40H69N7O7. The number of nitrogen functional groups attached to an aromatic ring is 1. The Labute approximate surface area is 323 Å². The molecule has 306 valence electrons. The van der Waals surface area contributed by atoms with Crippen LogP contribution in [0.5, 0.6) is 0 Å². The molecule has 0 saturated carbocycles. The van der Waals surface area contributed by atoms with Gasteiger partial charge in [0.05, 0.1) is 49.2 Å². The summed E-state index contributed by atoms with van der Waals surface area (Å²) in [5.74, 6) is -2.11. The number of nitrogens with zero attached hydrogens (tertiary/aromatic N) is 3. The third kappa shape index (κ3) is 12.7. The van der Waals surface area contributed by atoms with Crippen molar-refractivity contribution in [3.63, 3.8) is 0 Å². The van der Waals surface area contributed by atoms with Crippen molar-refractivity contribution >= 4 is 35.2 Å². The van der Waals surface area contributed by atoms with Crippen LogP contribution in [0, 0.1) is 23.7 Å². The van der Waals surface area contributed by atoms with Crippen molar-refractivity contribution in [3.05, 3.63) is 29.8 Å². The van der Waals surface area contributed by atoms with E-state index in [1.807, 2.05) is 72.7 Å². The molecule has 0 unspecified atom stereocenters. The summed E-state index contributed by atoms with van der Waals surface area (Å²) < 4.78 is 11.9. The molecule has 0 radical (unpaired) electrons. The van der Waals surface area contributed by atoms with Crippen molar-refractivity contribution < 1.29 is 33.4 Å². The highest BCUT2D eigenvalue weighted by atomic mass is 16.5. The Morgan fingerprint density at radius 1 is 0.907 bits per heavy atom. The fourth-order valence-electron chi connectivity index (χ4n) is 7.64. The summed E-state index contributed by atoms with van der Waals surface area (Å²) in [5, 5.41) is 8.53. The smallest absolute Gasteiger partial charge is 0.245 e. The van der Waals surface area contributed by atoms with Crippen molar-refractivity contribution in [2.24, 2.45) is 23.7 Å². The van der Waals surface area contributed by atoms with Crippen LogP contribution >= 0.6 is 0 Å². The predicted octanol–water partition coefficient (Wildman–Crippen LogP) is 2.65. The average molecular weight is 760 g/mol. The lowest BCUT2D eigenvalue weighted by Gasteiger charge is -2.41. The molecule has 8 atom stereocenters. The number of amides is 5. The summed E-state index contributed by atoms with van der Waals surface area (Å²) in [6, 6.07) is 5.17. The first-order valence-corrected chi connectivity index (χ1v) is 19.4. The molecule has 0 spiro atoms. The number of rotatable bonds is 21. The van der Waals surface area contributed by atoms with Crippen LogP contribution in [-0.2, 0) is 40.0 Å². The van der Waals surface area contributed by atoms with Gasteiger partial charge in [-0.05, 0) is 62.4 Å². The number of hydrogen-bond acceptors (Lipinski definition) is 9. The molecule has 1 aliphatic rings. The summed E-state index contributed by atoms with van der Waals surface area (Å²) in [6.45, 7) is 14.2. The molecule has 1 aromatic rings. The minimum absolute atomic E-state index is 0.0135. The lowest BCUT2D eigenvalue weighted by Crippen LogP contribution is -2.59. The van der Waals surface area contributed by atoms with Gasteiger partial charge in [-0.1, -0.05) is 67.0 Å². The maximum absolute atomic E-state index is 14.2. The van der Waals surface area contributed by atoms with Crippen molar-refractivity contribution in [2.75, 3.05) is 54.2 Å². The second-order valence-electron chi connectivity index (χ2n) is 15.7. The minimum Gasteiger partial charge on any atom is -0.399 e. The van der Waals surface area contributed by atoms with Crippen LogP contribution < -0.4 is 21.7 Å². The number of nitrogens with two attached hydrogens (primary N) is 1. The SMILES string of the molecule is CC[C@H](C)[C@@H]([C@@H](CC(=O)N1CCC[C@H]1[C@H](OC)[C@@H](C)C(=O)NCC(=O)NCc1ccc(N)cc1)OC)N(C)C(=O)[C@@H](NC(=O)[C@H](C(C)C)N(C)C)C(C)C. The summed E-state index contributed by atoms with van der Waals surface area (Å²) in [6.07, 6.45) is 0.883. The lowest BCUT2D eigenvalue weighted by molar-refractivity contribution is -0.148. The number of benzene rings is 1. The van der Waals surface area contributed by atoms with Gasteiger partial charge in [-0.25, -0.2) is 0 Å². The van der Waals surface area contributed by atoms with Crippen LogP contribution in [0.15, 0.2) is 24.3 Å². The minimum atomic E-state index is -0.767. The molecule has 14 heteroatoms. The van der Waals surface area contributed by atoms with Crippen molar-refractivity contribution in [2.45, 2.75) is 117 Å². The summed E-state index contributed by atoms with van der Waals surface area (Å²) in [5.41, 5.74) is 7.24. The number of ether oxygens (including phenoxy) is 2. The highest BCUT2D eigenvalue weighted by Gasteiger charge is 2.43. The van der Waals surface area contributed by atoms with Crippen LogP contribution in [-0.4, -0.2) is 129 Å². The predicted molar refractivity (Wildman–Crippen MR) is 211 cm³/mol. The van der Waals surface area contributed by atoms with E-state index in [0.717, 1.165) is 18.4 Å². The Hall–Kier alpha value is -3.75. The second-order valence-corrected chi connectivity index (χ2v) is 15.7. The maximum atomic E-state index is 14.2. The Morgan fingerprint density at radius 3 is 2.06 bits per heavy atom. The number of carbonyl (C=O) groups is 5. The number of hydrogen-bond donors (Lipinski definition) is 4. The average Bonchev–Trinajstić information content (AvgIpc) is 3.61. The van der Waals surface area contributed by atoms with Crippen molar-refractivity contribution in [3.8, 4) is 0 Å². The van der Waals surface area contributed by atoms with Gasteiger partial charge in [0.2, 0.25) is 29.5 Å². The lowest BCUT2D eigenvalue weighted by atomic mass is 9.89. The molecule has 0 bridgehead atoms. The van der Waals surface area contributed by atoms with Gasteiger partial charge in [-0.15, -0.1) is 0 Å². The second kappa shape index (κ2) is 22.0. The van der Waals surface area contributed by atoms with E-state index in [9.17, 15) is 24.0 Å². The van der Waals surface area contributed by atoms with E-state index in [1.165, 1.54) is 7.11 Å². The number of methoxy groups -OCH3 is 2. The van der Waals surface area contributed by atoms with Gasteiger partial charge in [0.15, 0.2) is 0 Å². The third-order valence-electron chi connectivity index (χ3n) is 10.8. The Morgan fingerprint density at radius 2 is 1.54 bits per heavy atom. The summed E-state index contributed by atoms with van der Waals surface area (Å²) >= 11 is 0. The van der Waals surface area contributed by atoms with Gasteiger partial charge in [-0.2, -0.15) is 0 Å². The van der Waals surface area contributed by atoms with Gasteiger partial charge in [-0.3, -0.25) is 28.9 Å². The van der Waals surface area contributed by atoms with E-state index in [-0.39, 0.29) is 66.3 Å². The van der Waals surface area contributed by atoms with Crippen LogP contribution in [0.1, 0.15) is 79.7 Å². The van der Waals surface area contributed by atoms with E-state index in [2.05, 4.69) is 16.0 Å². The summed E-state index contributed by atoms with van der Waals surface area (Å²) in [4.78, 5) is 72.8. The van der Waals surface area contributed by atoms with Gasteiger partial charge < -0.3 is 41.0 Å². The van der Waals surface area contributed by atoms with E-state index < -0.39 is 36.3 Å². The van der Waals surface area contributed by atoms with Gasteiger partial charge in [0.25, 0.3) is 0 Å². The molecule has 0 aliphatic carbocycles. The molecular weight excluding hydrogens is 690 g/mol. The zero-order valence-electron chi connectivity index (χ0n) is 34.8. The fourth-order valence-corrected chi connectivity index (χ4v) is 7.64. The first-order valence-electron chi connectivity index (χ1n) is 19.4. The Bertz CT molecular complexity index is 1360. The molecule has 5 amide bonds. The van der Waals surface area contributed by atoms with E-state index >= 15 is 0 Å². The molecule has 1 saturated heterocycles. The first kappa shape index (κ1) is 46.4. The topological polar surface area (TPSA) is 176 Å². The molecule has 1 aliphatic heterocycles. The zero-order valence-corrected chi connectivity index (χ0v) is 34.8. The number of likely N-dealkylation sites (tertiary alicyclic amines) is 1. The molecule has 1 fully saturated rings. The quantitative estimate of drug-likeness (QED) is 0.137. The molecule has 1 heterocycles. The largest absolute Gasteiger partial charge is 0.399 e. The van der Waals surface area contributed by atoms with E-state index in [0.29, 0.717) is 25.2 Å². The van der Waals surface area contributed by atoms with Gasteiger partial charge in [0, 0.05) is 40.0 Å². The maximum Gasteiger partial charge on any atom is 0.245 e. The summed E-state index contributed by atoms with van der Waals surface area (Å²) in [7, 11) is 8.50. The molecule has 1 aromatic carbocycles. The standard InChI is InChI=1S/C40H69N7O7/c1-13-26(6)36(46(10)40(52)34(24(2)3)44-39(51)35(25(4)5)45(8)9)31(53-11)21-33(49)47-20-14-15-30(47)37(54-12)27(7)38(50)43-23-32(48)42-22-28-16-18-29(41)19-17-28/h16-19,24-27,30-31,34-37H,13-15,20-23,41H2,1-12H3,(H,42,48)(H,43,50)(H,44,51)/t26-,27+,30-,31+,34-,35-,36-,37+/m0/s1. The number of anilines is 1. The highest BCUT2D eigenvalue weighted by Crippen LogP contribution is 2.29. The number of likely N-dealkylation sites (N-methyl/N-ethyl adjacent to an activating group) is 2. The van der Waals surface area contributed by atoms with Gasteiger partial charge in [0.1, 0.15) is 6.04 Å². The van der Waals surface area contributed by atoms with Crippen LogP contribution in [0.4, 0.5) is 5.69 Å². The van der Waals surface area contributed by atoms with Crippen molar-refractivity contribution in [1.82, 2.24) is 30.7 Å². The highest BCUT2D eigenvalue weighted by molar-refractivity contribution is 5.90. The number of nitrogens with one attached hydrogen (secondary N) is 3.